The van der Waals surface area contributed by atoms with E-state index in [0.717, 1.165) is 0 Å². The van der Waals surface area contributed by atoms with Gasteiger partial charge in [0.25, 0.3) is 5.91 Å². The number of hydrogen-bond donors (Lipinski definition) is 1. The van der Waals surface area contributed by atoms with Gasteiger partial charge in [0.15, 0.2) is 0 Å². The molecule has 0 saturated heterocycles. The molecule has 9 heteroatoms. The van der Waals surface area contributed by atoms with Gasteiger partial charge in [-0.2, -0.15) is 4.98 Å². The van der Waals surface area contributed by atoms with Crippen molar-refractivity contribution < 1.29 is 19.0 Å². The van der Waals surface area contributed by atoms with E-state index < -0.39 is 0 Å². The molecule has 0 fully saturated rings. The van der Waals surface area contributed by atoms with Gasteiger partial charge in [-0.15, -0.1) is 0 Å². The van der Waals surface area contributed by atoms with E-state index in [1.807, 2.05) is 0 Å². The molecule has 0 radical (unpaired) electrons. The molecule has 4 aromatic heterocycles. The first kappa shape index (κ1) is 18.2. The van der Waals surface area contributed by atoms with Gasteiger partial charge in [-0.1, -0.05) is 6.07 Å². The lowest BCUT2D eigenvalue weighted by molar-refractivity contribution is 0.102. The smallest absolute Gasteiger partial charge is 0.260 e. The SMILES string of the molecule is COc1cncc(Oc2cc(C(=O)Nc3cccc(OC)n3)c3nccn3c2)c1. The summed E-state index contributed by atoms with van der Waals surface area (Å²) in [6.07, 6.45) is 8.19. The highest BCUT2D eigenvalue weighted by Crippen LogP contribution is 2.26. The minimum absolute atomic E-state index is 0.327. The maximum absolute atomic E-state index is 12.9. The standard InChI is InChI=1S/C20H17N5O4/c1-27-13-8-14(11-21-10-13)29-15-9-16(19-22-6-7-25(19)12-15)20(26)24-17-4-3-5-18(23-17)28-2/h3-12H,1-2H3,(H,23,24,26). The highest BCUT2D eigenvalue weighted by molar-refractivity contribution is 6.08. The summed E-state index contributed by atoms with van der Waals surface area (Å²) in [5, 5.41) is 2.75. The molecule has 0 unspecified atom stereocenters. The Labute approximate surface area is 165 Å². The Bertz CT molecular complexity index is 1170. The third-order valence-electron chi connectivity index (χ3n) is 4.04. The molecule has 0 aliphatic heterocycles. The van der Waals surface area contributed by atoms with Crippen molar-refractivity contribution in [1.29, 1.82) is 0 Å². The molecule has 4 aromatic rings. The summed E-state index contributed by atoms with van der Waals surface area (Å²) in [6, 6.07) is 8.41. The van der Waals surface area contributed by atoms with Crippen LogP contribution in [0.5, 0.6) is 23.1 Å². The van der Waals surface area contributed by atoms with Crippen molar-refractivity contribution in [3.8, 4) is 23.1 Å². The van der Waals surface area contributed by atoms with Crippen molar-refractivity contribution in [2.75, 3.05) is 19.5 Å². The van der Waals surface area contributed by atoms with Crippen LogP contribution in [0.4, 0.5) is 5.82 Å². The predicted octanol–water partition coefficient (Wildman–Crippen LogP) is 3.19. The summed E-state index contributed by atoms with van der Waals surface area (Å²) in [5.41, 5.74) is 0.814. The first-order valence-corrected chi connectivity index (χ1v) is 8.62. The van der Waals surface area contributed by atoms with Crippen LogP contribution < -0.4 is 19.5 Å². The number of nitrogens with one attached hydrogen (secondary N) is 1. The second-order valence-electron chi connectivity index (χ2n) is 5.93. The van der Waals surface area contributed by atoms with E-state index in [9.17, 15) is 4.79 Å². The Morgan fingerprint density at radius 1 is 1.07 bits per heavy atom. The molecule has 0 aliphatic rings. The highest BCUT2D eigenvalue weighted by Gasteiger charge is 2.16. The van der Waals surface area contributed by atoms with Gasteiger partial charge in [0, 0.05) is 24.5 Å². The summed E-state index contributed by atoms with van der Waals surface area (Å²) in [5.74, 6) is 1.86. The highest BCUT2D eigenvalue weighted by atomic mass is 16.5. The number of aromatic nitrogens is 4. The predicted molar refractivity (Wildman–Crippen MR) is 105 cm³/mol. The Hall–Kier alpha value is -4.14. The van der Waals surface area contributed by atoms with E-state index >= 15 is 0 Å². The summed E-state index contributed by atoms with van der Waals surface area (Å²) in [4.78, 5) is 25.4. The van der Waals surface area contributed by atoms with Crippen molar-refractivity contribution in [2.45, 2.75) is 0 Å². The van der Waals surface area contributed by atoms with Crippen LogP contribution >= 0.6 is 0 Å². The fourth-order valence-electron chi connectivity index (χ4n) is 2.71. The lowest BCUT2D eigenvalue weighted by Crippen LogP contribution is -2.14. The van der Waals surface area contributed by atoms with Gasteiger partial charge in [0.1, 0.15) is 28.7 Å². The molecule has 0 saturated carbocycles. The maximum atomic E-state index is 12.9. The van der Waals surface area contributed by atoms with E-state index in [1.165, 1.54) is 7.11 Å². The molecule has 0 atom stereocenters. The van der Waals surface area contributed by atoms with Crippen LogP contribution in [0.15, 0.2) is 61.3 Å². The summed E-state index contributed by atoms with van der Waals surface area (Å²) < 4.78 is 17.8. The molecule has 4 heterocycles. The van der Waals surface area contributed by atoms with Gasteiger partial charge in [0.2, 0.25) is 5.88 Å². The number of hydrogen-bond acceptors (Lipinski definition) is 7. The third-order valence-corrected chi connectivity index (χ3v) is 4.04. The molecule has 4 rings (SSSR count). The minimum Gasteiger partial charge on any atom is -0.495 e. The number of rotatable bonds is 6. The second kappa shape index (κ2) is 7.85. The van der Waals surface area contributed by atoms with Gasteiger partial charge in [0.05, 0.1) is 38.4 Å². The van der Waals surface area contributed by atoms with Gasteiger partial charge in [-0.05, 0) is 12.1 Å². The summed E-state index contributed by atoms with van der Waals surface area (Å²) in [7, 11) is 3.06. The fraction of sp³-hybridized carbons (Fsp3) is 0.100. The largest absolute Gasteiger partial charge is 0.495 e. The molecule has 0 bridgehead atoms. The number of carbonyl (C=O) groups is 1. The molecule has 1 amide bonds. The van der Waals surface area contributed by atoms with Gasteiger partial charge >= 0.3 is 0 Å². The molecule has 29 heavy (non-hydrogen) atoms. The number of nitrogens with zero attached hydrogens (tertiary/aromatic N) is 4. The molecule has 1 N–H and O–H groups in total. The molecule has 0 aromatic carbocycles. The number of ether oxygens (including phenoxy) is 3. The zero-order valence-corrected chi connectivity index (χ0v) is 15.7. The number of pyridine rings is 3. The van der Waals surface area contributed by atoms with Crippen LogP contribution in [-0.4, -0.2) is 39.5 Å². The number of fused-ring (bicyclic) bond motifs is 1. The van der Waals surface area contributed by atoms with Crippen LogP contribution in [0.25, 0.3) is 5.65 Å². The minimum atomic E-state index is -0.379. The summed E-state index contributed by atoms with van der Waals surface area (Å²) >= 11 is 0. The number of imidazole rings is 1. The Morgan fingerprint density at radius 3 is 2.76 bits per heavy atom. The molecule has 0 aliphatic carbocycles. The Balaban J connectivity index is 1.66. The van der Waals surface area contributed by atoms with E-state index in [2.05, 4.69) is 20.3 Å². The van der Waals surface area contributed by atoms with Crippen LogP contribution in [0.1, 0.15) is 10.4 Å². The second-order valence-corrected chi connectivity index (χ2v) is 5.93. The van der Waals surface area contributed by atoms with E-state index in [0.29, 0.717) is 40.2 Å². The maximum Gasteiger partial charge on any atom is 0.260 e. The van der Waals surface area contributed by atoms with Crippen molar-refractivity contribution in [3.05, 3.63) is 66.9 Å². The number of anilines is 1. The van der Waals surface area contributed by atoms with Gasteiger partial charge in [-0.3, -0.25) is 9.78 Å². The van der Waals surface area contributed by atoms with E-state index in [4.69, 9.17) is 14.2 Å². The monoisotopic (exact) mass is 391 g/mol. The first-order valence-electron chi connectivity index (χ1n) is 8.62. The normalized spacial score (nSPS) is 10.6. The number of carbonyl (C=O) groups excluding carboxylic acids is 1. The average molecular weight is 391 g/mol. The van der Waals surface area contributed by atoms with E-state index in [-0.39, 0.29) is 5.91 Å². The number of methoxy groups -OCH3 is 2. The van der Waals surface area contributed by atoms with Gasteiger partial charge < -0.3 is 23.9 Å². The van der Waals surface area contributed by atoms with Crippen molar-refractivity contribution >= 4 is 17.4 Å². The quantitative estimate of drug-likeness (QED) is 0.539. The zero-order valence-electron chi connectivity index (χ0n) is 15.7. The van der Waals surface area contributed by atoms with Crippen molar-refractivity contribution in [1.82, 2.24) is 19.4 Å². The molecule has 146 valence electrons. The van der Waals surface area contributed by atoms with E-state index in [1.54, 1.807) is 72.8 Å². The lowest BCUT2D eigenvalue weighted by Gasteiger charge is -2.11. The van der Waals surface area contributed by atoms with Crippen molar-refractivity contribution in [2.24, 2.45) is 0 Å². The molecule has 9 nitrogen and oxygen atoms in total. The fourth-order valence-corrected chi connectivity index (χ4v) is 2.71. The molecule has 0 spiro atoms. The zero-order chi connectivity index (χ0) is 20.2. The summed E-state index contributed by atoms with van der Waals surface area (Å²) in [6.45, 7) is 0. The Kier molecular flexibility index (Phi) is 4.93. The van der Waals surface area contributed by atoms with Crippen LogP contribution in [0.2, 0.25) is 0 Å². The van der Waals surface area contributed by atoms with Crippen LogP contribution in [0.3, 0.4) is 0 Å². The number of amides is 1. The average Bonchev–Trinajstić information content (AvgIpc) is 3.22. The third kappa shape index (κ3) is 3.93. The van der Waals surface area contributed by atoms with Gasteiger partial charge in [-0.25, -0.2) is 4.98 Å². The first-order chi connectivity index (χ1) is 14.2. The van der Waals surface area contributed by atoms with Crippen LogP contribution in [0, 0.1) is 0 Å². The lowest BCUT2D eigenvalue weighted by atomic mass is 10.2. The molecular formula is C20H17N5O4. The van der Waals surface area contributed by atoms with Crippen LogP contribution in [-0.2, 0) is 0 Å². The van der Waals surface area contributed by atoms with Crippen molar-refractivity contribution in [3.63, 3.8) is 0 Å². The Morgan fingerprint density at radius 2 is 1.93 bits per heavy atom. The molecular weight excluding hydrogens is 374 g/mol. The topological polar surface area (TPSA) is 99.9 Å².